The number of nitrogens with one attached hydrogen (secondary N) is 2. The van der Waals surface area contributed by atoms with Gasteiger partial charge in [0.25, 0.3) is 0 Å². The van der Waals surface area contributed by atoms with Crippen molar-refractivity contribution < 1.29 is 17.9 Å². The number of aromatic amines is 1. The Kier molecular flexibility index (Phi) is 4.11. The minimum atomic E-state index is -4.29. The number of hydrogen-bond donors (Lipinski definition) is 2. The van der Waals surface area contributed by atoms with Crippen LogP contribution in [-0.4, -0.2) is 35.0 Å². The summed E-state index contributed by atoms with van der Waals surface area (Å²) >= 11 is 0. The predicted molar refractivity (Wildman–Crippen MR) is 66.7 cm³/mol. The Morgan fingerprint density at radius 1 is 1.25 bits per heavy atom. The fourth-order valence-corrected chi connectivity index (χ4v) is 1.57. The molecule has 0 aliphatic carbocycles. The first kappa shape index (κ1) is 14.2. The lowest BCUT2D eigenvalue weighted by Crippen LogP contribution is -2.21. The van der Waals surface area contributed by atoms with Gasteiger partial charge in [-0.2, -0.15) is 18.2 Å². The number of nitrogens with zero attached hydrogens (tertiary/aromatic N) is 2. The number of anilines is 1. The zero-order chi connectivity index (χ0) is 14.6. The van der Waals surface area contributed by atoms with Gasteiger partial charge in [0.2, 0.25) is 5.95 Å². The number of halogens is 3. The lowest BCUT2D eigenvalue weighted by Gasteiger charge is -2.05. The first-order valence-corrected chi connectivity index (χ1v) is 5.81. The van der Waals surface area contributed by atoms with E-state index in [1.807, 2.05) is 12.1 Å². The van der Waals surface area contributed by atoms with Crippen LogP contribution in [0.25, 0.3) is 0 Å². The van der Waals surface area contributed by atoms with Crippen molar-refractivity contribution in [3.05, 3.63) is 35.7 Å². The highest BCUT2D eigenvalue weighted by Crippen LogP contribution is 2.16. The number of aromatic nitrogens is 3. The molecule has 0 aliphatic rings. The molecule has 2 N–H and O–H groups in total. The van der Waals surface area contributed by atoms with Crippen LogP contribution in [0.15, 0.2) is 24.3 Å². The molecule has 0 amide bonds. The van der Waals surface area contributed by atoms with E-state index in [0.29, 0.717) is 12.2 Å². The molecule has 0 atom stereocenters. The van der Waals surface area contributed by atoms with Crippen molar-refractivity contribution in [2.45, 2.75) is 12.6 Å². The third-order valence-corrected chi connectivity index (χ3v) is 2.51. The minimum absolute atomic E-state index is 0.0640. The van der Waals surface area contributed by atoms with Crippen LogP contribution in [0.3, 0.4) is 0 Å². The first-order chi connectivity index (χ1) is 9.46. The number of alkyl halides is 3. The average Bonchev–Trinajstić information content (AvgIpc) is 2.84. The summed E-state index contributed by atoms with van der Waals surface area (Å²) in [4.78, 5) is 3.94. The Bertz CT molecular complexity index is 551. The van der Waals surface area contributed by atoms with E-state index in [-0.39, 0.29) is 5.95 Å². The second-order valence-electron chi connectivity index (χ2n) is 4.10. The number of ether oxygens (including phenoxy) is 1. The van der Waals surface area contributed by atoms with Crippen LogP contribution in [0, 0.1) is 0 Å². The molecule has 0 radical (unpaired) electrons. The highest BCUT2D eigenvalue weighted by Gasteiger charge is 2.27. The van der Waals surface area contributed by atoms with E-state index in [2.05, 4.69) is 20.5 Å². The maximum Gasteiger partial charge on any atom is 0.405 e. The van der Waals surface area contributed by atoms with Gasteiger partial charge in [0.05, 0.1) is 7.11 Å². The van der Waals surface area contributed by atoms with E-state index >= 15 is 0 Å². The smallest absolute Gasteiger partial charge is 0.405 e. The average molecular weight is 286 g/mol. The predicted octanol–water partition coefficient (Wildman–Crippen LogP) is 2.38. The highest BCUT2D eigenvalue weighted by atomic mass is 19.4. The summed E-state index contributed by atoms with van der Waals surface area (Å²) in [5.41, 5.74) is 0.948. The molecule has 1 heterocycles. The lowest BCUT2D eigenvalue weighted by atomic mass is 10.1. The van der Waals surface area contributed by atoms with Crippen molar-refractivity contribution in [3.63, 3.8) is 0 Å². The van der Waals surface area contributed by atoms with Gasteiger partial charge in [0, 0.05) is 6.42 Å². The van der Waals surface area contributed by atoms with E-state index in [9.17, 15) is 13.2 Å². The largest absolute Gasteiger partial charge is 0.497 e. The second kappa shape index (κ2) is 5.81. The van der Waals surface area contributed by atoms with Crippen LogP contribution in [0.5, 0.6) is 5.75 Å². The molecule has 0 spiro atoms. The van der Waals surface area contributed by atoms with Crippen LogP contribution in [0.4, 0.5) is 19.1 Å². The van der Waals surface area contributed by atoms with Crippen molar-refractivity contribution in [3.8, 4) is 5.75 Å². The van der Waals surface area contributed by atoms with Crippen LogP contribution >= 0.6 is 0 Å². The quantitative estimate of drug-likeness (QED) is 0.886. The van der Waals surface area contributed by atoms with Gasteiger partial charge < -0.3 is 10.1 Å². The van der Waals surface area contributed by atoms with Gasteiger partial charge in [-0.05, 0) is 17.7 Å². The maximum absolute atomic E-state index is 12.0. The van der Waals surface area contributed by atoms with Gasteiger partial charge in [-0.25, -0.2) is 0 Å². The summed E-state index contributed by atoms with van der Waals surface area (Å²) < 4.78 is 41.1. The fourth-order valence-electron chi connectivity index (χ4n) is 1.57. The lowest BCUT2D eigenvalue weighted by molar-refractivity contribution is -0.115. The summed E-state index contributed by atoms with van der Waals surface area (Å²) in [6.07, 6.45) is -3.85. The molecule has 5 nitrogen and oxygen atoms in total. The molecule has 2 rings (SSSR count). The van der Waals surface area contributed by atoms with Gasteiger partial charge in [-0.1, -0.05) is 12.1 Å². The topological polar surface area (TPSA) is 62.8 Å². The molecule has 0 fully saturated rings. The van der Waals surface area contributed by atoms with Gasteiger partial charge in [0.1, 0.15) is 18.1 Å². The van der Waals surface area contributed by atoms with Crippen molar-refractivity contribution >= 4 is 5.95 Å². The highest BCUT2D eigenvalue weighted by molar-refractivity contribution is 5.30. The number of benzene rings is 1. The standard InChI is InChI=1S/C12H13F3N4O/c1-20-9-4-2-8(3-5-9)6-10-17-11(19-18-10)16-7-12(13,14)15/h2-5H,6-7H2,1H3,(H2,16,17,18,19). The molecule has 1 aromatic carbocycles. The Morgan fingerprint density at radius 3 is 2.55 bits per heavy atom. The molecule has 0 unspecified atom stereocenters. The molecule has 0 aliphatic heterocycles. The van der Waals surface area contributed by atoms with Gasteiger partial charge in [-0.3, -0.25) is 5.10 Å². The molecule has 0 saturated heterocycles. The Labute approximate surface area is 113 Å². The SMILES string of the molecule is COc1ccc(Cc2nc(NCC(F)(F)F)n[nH]2)cc1. The Morgan fingerprint density at radius 2 is 1.95 bits per heavy atom. The van der Waals surface area contributed by atoms with Gasteiger partial charge in [-0.15, -0.1) is 5.10 Å². The third kappa shape index (κ3) is 4.15. The molecule has 108 valence electrons. The summed E-state index contributed by atoms with van der Waals surface area (Å²) in [5.74, 6) is 1.16. The Hall–Kier alpha value is -2.25. The molecule has 8 heteroatoms. The summed E-state index contributed by atoms with van der Waals surface area (Å²) in [7, 11) is 1.57. The van der Waals surface area contributed by atoms with Crippen LogP contribution in [0.1, 0.15) is 11.4 Å². The summed E-state index contributed by atoms with van der Waals surface area (Å²) in [6.45, 7) is -1.16. The van der Waals surface area contributed by atoms with E-state index in [0.717, 1.165) is 11.3 Å². The molecular formula is C12H13F3N4O. The van der Waals surface area contributed by atoms with E-state index in [1.165, 1.54) is 0 Å². The zero-order valence-corrected chi connectivity index (χ0v) is 10.7. The summed E-state index contributed by atoms with van der Waals surface area (Å²) in [6, 6.07) is 7.30. The van der Waals surface area contributed by atoms with Crippen molar-refractivity contribution in [1.82, 2.24) is 15.2 Å². The summed E-state index contributed by atoms with van der Waals surface area (Å²) in [5, 5.41) is 8.38. The maximum atomic E-state index is 12.0. The van der Waals surface area contributed by atoms with Gasteiger partial charge in [0.15, 0.2) is 0 Å². The van der Waals surface area contributed by atoms with Crippen LogP contribution < -0.4 is 10.1 Å². The minimum Gasteiger partial charge on any atom is -0.497 e. The number of hydrogen-bond acceptors (Lipinski definition) is 4. The molecule has 0 bridgehead atoms. The number of methoxy groups -OCH3 is 1. The zero-order valence-electron chi connectivity index (χ0n) is 10.7. The first-order valence-electron chi connectivity index (χ1n) is 5.81. The van der Waals surface area contributed by atoms with E-state index in [4.69, 9.17) is 4.74 Å². The molecular weight excluding hydrogens is 273 g/mol. The number of rotatable bonds is 5. The normalized spacial score (nSPS) is 11.4. The molecule has 0 saturated carbocycles. The Balaban J connectivity index is 1.94. The molecule has 20 heavy (non-hydrogen) atoms. The second-order valence-corrected chi connectivity index (χ2v) is 4.10. The van der Waals surface area contributed by atoms with Crippen molar-refractivity contribution in [2.75, 3.05) is 19.0 Å². The third-order valence-electron chi connectivity index (χ3n) is 2.51. The van der Waals surface area contributed by atoms with E-state index in [1.54, 1.807) is 19.2 Å². The van der Waals surface area contributed by atoms with Crippen molar-refractivity contribution in [1.29, 1.82) is 0 Å². The van der Waals surface area contributed by atoms with E-state index < -0.39 is 12.7 Å². The van der Waals surface area contributed by atoms with Crippen molar-refractivity contribution in [2.24, 2.45) is 0 Å². The molecule has 1 aromatic heterocycles. The monoisotopic (exact) mass is 286 g/mol. The van der Waals surface area contributed by atoms with Gasteiger partial charge >= 0.3 is 6.18 Å². The van der Waals surface area contributed by atoms with Crippen LogP contribution in [0.2, 0.25) is 0 Å². The van der Waals surface area contributed by atoms with Crippen LogP contribution in [-0.2, 0) is 6.42 Å². The number of H-pyrrole nitrogens is 1. The fraction of sp³-hybridized carbons (Fsp3) is 0.333. The molecule has 2 aromatic rings.